The zero-order chi connectivity index (χ0) is 28.3. The largest absolute Gasteiger partial charge is 0.508 e. The number of hydrogen-bond acceptors (Lipinski definition) is 7. The lowest BCUT2D eigenvalue weighted by atomic mass is 9.59. The fourth-order valence-electron chi connectivity index (χ4n) is 6.86. The van der Waals surface area contributed by atoms with E-state index in [4.69, 9.17) is 4.74 Å². The van der Waals surface area contributed by atoms with Gasteiger partial charge in [-0.3, -0.25) is 24.1 Å². The van der Waals surface area contributed by atoms with Crippen LogP contribution in [0.2, 0.25) is 0 Å². The van der Waals surface area contributed by atoms with E-state index in [2.05, 4.69) is 0 Å². The summed E-state index contributed by atoms with van der Waals surface area (Å²) in [4.78, 5) is 55.5. The zero-order valence-electron chi connectivity index (χ0n) is 22.2. The summed E-state index contributed by atoms with van der Waals surface area (Å²) in [7, 11) is 1.47. The zero-order valence-corrected chi connectivity index (χ0v) is 22.2. The van der Waals surface area contributed by atoms with Crippen LogP contribution in [0.25, 0.3) is 0 Å². The number of amides is 2. The SMILES string of the molecule is COc1cc(O)ccc1C1C2=CCC3C(=O)N(CCc4ccc(O)cc4)C(=O)C3C2CC2=C1C(=O)C=C(C)C2=O. The molecule has 2 N–H and O–H groups in total. The normalized spacial score (nSPS) is 25.8. The van der Waals surface area contributed by atoms with Gasteiger partial charge in [0.25, 0.3) is 0 Å². The molecule has 4 atom stereocenters. The van der Waals surface area contributed by atoms with Crippen LogP contribution in [0.5, 0.6) is 17.2 Å². The third kappa shape index (κ3) is 3.97. The topological polar surface area (TPSA) is 121 Å². The van der Waals surface area contributed by atoms with E-state index in [1.165, 1.54) is 30.2 Å². The number of carbonyl (C=O) groups is 4. The third-order valence-electron chi connectivity index (χ3n) is 8.74. The maximum absolute atomic E-state index is 13.9. The summed E-state index contributed by atoms with van der Waals surface area (Å²) >= 11 is 0. The Kier molecular flexibility index (Phi) is 6.21. The van der Waals surface area contributed by atoms with E-state index in [0.717, 1.165) is 11.1 Å². The van der Waals surface area contributed by atoms with E-state index >= 15 is 0 Å². The predicted octanol–water partition coefficient (Wildman–Crippen LogP) is 3.78. The number of methoxy groups -OCH3 is 1. The minimum Gasteiger partial charge on any atom is -0.508 e. The number of carbonyl (C=O) groups excluding carboxylic acids is 4. The Bertz CT molecular complexity index is 1560. The summed E-state index contributed by atoms with van der Waals surface area (Å²) in [6.07, 6.45) is 4.35. The summed E-state index contributed by atoms with van der Waals surface area (Å²) in [5, 5.41) is 19.6. The van der Waals surface area contributed by atoms with Crippen molar-refractivity contribution < 1.29 is 34.1 Å². The van der Waals surface area contributed by atoms with Crippen molar-refractivity contribution >= 4 is 23.4 Å². The van der Waals surface area contributed by atoms with Crippen molar-refractivity contribution in [2.45, 2.75) is 32.1 Å². The highest BCUT2D eigenvalue weighted by molar-refractivity contribution is 6.23. The summed E-state index contributed by atoms with van der Waals surface area (Å²) in [6.45, 7) is 1.84. The van der Waals surface area contributed by atoms with Crippen molar-refractivity contribution in [2.24, 2.45) is 17.8 Å². The average Bonchev–Trinajstić information content (AvgIpc) is 3.19. The Morgan fingerprint density at radius 2 is 1.68 bits per heavy atom. The number of rotatable bonds is 5. The maximum Gasteiger partial charge on any atom is 0.233 e. The first kappa shape index (κ1) is 25.8. The molecule has 3 aliphatic carbocycles. The molecule has 1 fully saturated rings. The Hall–Kier alpha value is -4.46. The molecule has 0 saturated carbocycles. The predicted molar refractivity (Wildman–Crippen MR) is 145 cm³/mol. The Morgan fingerprint density at radius 3 is 2.40 bits per heavy atom. The van der Waals surface area contributed by atoms with Gasteiger partial charge in [0.2, 0.25) is 11.8 Å². The summed E-state index contributed by atoms with van der Waals surface area (Å²) in [5.41, 5.74) is 3.46. The first-order chi connectivity index (χ1) is 19.2. The number of allylic oxidation sites excluding steroid dienone is 6. The molecule has 8 nitrogen and oxygen atoms in total. The number of benzene rings is 2. The van der Waals surface area contributed by atoms with E-state index in [1.807, 2.05) is 6.08 Å². The molecular weight excluding hydrogens is 510 g/mol. The second-order valence-corrected chi connectivity index (χ2v) is 10.9. The van der Waals surface area contributed by atoms with Gasteiger partial charge >= 0.3 is 0 Å². The molecule has 6 rings (SSSR count). The third-order valence-corrected chi connectivity index (χ3v) is 8.74. The van der Waals surface area contributed by atoms with Crippen LogP contribution in [0.3, 0.4) is 0 Å². The molecule has 4 aliphatic rings. The van der Waals surface area contributed by atoms with Gasteiger partial charge in [-0.1, -0.05) is 29.8 Å². The number of fused-ring (bicyclic) bond motifs is 3. The monoisotopic (exact) mass is 539 g/mol. The number of Topliss-reactive ketones (excluding diaryl/α,β-unsaturated/α-hetero) is 1. The van der Waals surface area contributed by atoms with Gasteiger partial charge in [0.15, 0.2) is 11.6 Å². The highest BCUT2D eigenvalue weighted by atomic mass is 16.5. The van der Waals surface area contributed by atoms with Crippen molar-refractivity contribution in [3.63, 3.8) is 0 Å². The van der Waals surface area contributed by atoms with Crippen molar-refractivity contribution in [2.75, 3.05) is 13.7 Å². The number of hydrogen-bond donors (Lipinski definition) is 2. The molecule has 8 heteroatoms. The Morgan fingerprint density at radius 1 is 0.950 bits per heavy atom. The highest BCUT2D eigenvalue weighted by Gasteiger charge is 2.56. The summed E-state index contributed by atoms with van der Waals surface area (Å²) in [6, 6.07) is 11.3. The van der Waals surface area contributed by atoms with Gasteiger partial charge < -0.3 is 14.9 Å². The second-order valence-electron chi connectivity index (χ2n) is 10.9. The van der Waals surface area contributed by atoms with E-state index in [9.17, 15) is 29.4 Å². The summed E-state index contributed by atoms with van der Waals surface area (Å²) in [5.74, 6) is -2.67. The molecule has 2 amide bonds. The lowest BCUT2D eigenvalue weighted by molar-refractivity contribution is -0.140. The van der Waals surface area contributed by atoms with Crippen LogP contribution in [0.15, 0.2) is 76.9 Å². The van der Waals surface area contributed by atoms with Crippen LogP contribution in [-0.4, -0.2) is 52.1 Å². The van der Waals surface area contributed by atoms with E-state index in [1.54, 1.807) is 37.3 Å². The van der Waals surface area contributed by atoms with Crippen LogP contribution >= 0.6 is 0 Å². The van der Waals surface area contributed by atoms with Gasteiger partial charge in [0.05, 0.1) is 18.9 Å². The highest BCUT2D eigenvalue weighted by Crippen LogP contribution is 2.56. The average molecular weight is 540 g/mol. The number of nitrogens with zero attached hydrogens (tertiary/aromatic N) is 1. The van der Waals surface area contributed by atoms with Crippen LogP contribution in [0.1, 0.15) is 36.8 Å². The van der Waals surface area contributed by atoms with E-state index < -0.39 is 23.7 Å². The van der Waals surface area contributed by atoms with Crippen molar-refractivity contribution in [3.05, 3.63) is 88.0 Å². The molecule has 1 aliphatic heterocycles. The van der Waals surface area contributed by atoms with Crippen LogP contribution in [0.4, 0.5) is 0 Å². The van der Waals surface area contributed by atoms with Crippen LogP contribution in [-0.2, 0) is 25.6 Å². The number of phenolic OH excluding ortho intramolecular Hbond substituents is 2. The first-order valence-electron chi connectivity index (χ1n) is 13.4. The van der Waals surface area contributed by atoms with Gasteiger partial charge in [-0.15, -0.1) is 0 Å². The van der Waals surface area contributed by atoms with Gasteiger partial charge in [0.1, 0.15) is 17.2 Å². The number of likely N-dealkylation sites (tertiary alicyclic amines) is 1. The van der Waals surface area contributed by atoms with E-state index in [0.29, 0.717) is 40.9 Å². The number of ketones is 2. The van der Waals surface area contributed by atoms with Gasteiger partial charge in [-0.2, -0.15) is 0 Å². The van der Waals surface area contributed by atoms with Gasteiger partial charge in [-0.25, -0.2) is 0 Å². The number of phenols is 2. The molecule has 1 saturated heterocycles. The molecule has 40 heavy (non-hydrogen) atoms. The number of ether oxygens (including phenoxy) is 1. The van der Waals surface area contributed by atoms with Crippen LogP contribution in [0, 0.1) is 17.8 Å². The van der Waals surface area contributed by atoms with Gasteiger partial charge in [0, 0.05) is 40.8 Å². The molecular formula is C32H29NO7. The second kappa shape index (κ2) is 9.62. The van der Waals surface area contributed by atoms with E-state index in [-0.39, 0.29) is 47.8 Å². The van der Waals surface area contributed by atoms with Crippen molar-refractivity contribution in [1.82, 2.24) is 4.90 Å². The standard InChI is InChI=1S/C32H29NO7/c1-16-13-25(36)29-24(30(16)37)15-23-20(27(29)21-8-7-19(35)14-26(21)40-2)9-10-22-28(23)32(39)33(31(22)38)12-11-17-3-5-18(34)6-4-17/h3-9,13-14,22-23,27-28,34-35H,10-12,15H2,1-2H3. The molecule has 1 heterocycles. The quantitative estimate of drug-likeness (QED) is 0.337. The van der Waals surface area contributed by atoms with Crippen molar-refractivity contribution in [3.8, 4) is 17.2 Å². The number of imide groups is 1. The fourth-order valence-corrected chi connectivity index (χ4v) is 6.86. The Labute approximate surface area is 231 Å². The minimum atomic E-state index is -0.639. The molecule has 204 valence electrons. The smallest absolute Gasteiger partial charge is 0.233 e. The number of aromatic hydroxyl groups is 2. The Balaban J connectivity index is 1.40. The summed E-state index contributed by atoms with van der Waals surface area (Å²) < 4.78 is 5.58. The molecule has 0 bridgehead atoms. The lowest BCUT2D eigenvalue weighted by Gasteiger charge is -2.42. The molecule has 4 unspecified atom stereocenters. The lowest BCUT2D eigenvalue weighted by Crippen LogP contribution is -2.40. The van der Waals surface area contributed by atoms with Crippen LogP contribution < -0.4 is 4.74 Å². The molecule has 0 radical (unpaired) electrons. The first-order valence-corrected chi connectivity index (χ1v) is 13.4. The van der Waals surface area contributed by atoms with Crippen molar-refractivity contribution in [1.29, 1.82) is 0 Å². The molecule has 2 aromatic rings. The minimum absolute atomic E-state index is 0.00229. The maximum atomic E-state index is 13.9. The molecule has 0 aromatic heterocycles. The fraction of sp³-hybridized carbons (Fsp3) is 0.312. The van der Waals surface area contributed by atoms with Gasteiger partial charge in [-0.05, 0) is 61.9 Å². The molecule has 0 spiro atoms. The molecule has 2 aromatic carbocycles.